The Morgan fingerprint density at radius 2 is 1.93 bits per heavy atom. The van der Waals surface area contributed by atoms with E-state index in [4.69, 9.17) is 9.47 Å². The summed E-state index contributed by atoms with van der Waals surface area (Å²) in [4.78, 5) is 18.2. The van der Waals surface area contributed by atoms with Crippen LogP contribution in [0.5, 0.6) is 5.75 Å². The molecule has 1 amide bonds. The number of piperidine rings is 1. The molecule has 0 atom stereocenters. The number of ether oxygens (including phenoxy) is 2. The maximum atomic E-state index is 11.8. The van der Waals surface area contributed by atoms with Crippen LogP contribution in [0.1, 0.15) is 52.0 Å². The van der Waals surface area contributed by atoms with E-state index in [1.54, 1.807) is 4.90 Å². The van der Waals surface area contributed by atoms with Crippen molar-refractivity contribution in [3.8, 4) is 5.75 Å². The Kier molecular flexibility index (Phi) is 12.6. The minimum absolute atomic E-state index is 0. The van der Waals surface area contributed by atoms with Gasteiger partial charge in [-0.05, 0) is 44.2 Å². The molecule has 0 spiro atoms. The first-order chi connectivity index (χ1) is 14.0. The van der Waals surface area contributed by atoms with Gasteiger partial charge in [-0.2, -0.15) is 0 Å². The van der Waals surface area contributed by atoms with Crippen LogP contribution in [0.15, 0.2) is 29.3 Å². The number of nitrogens with one attached hydrogen (secondary N) is 2. The minimum atomic E-state index is -0.217. The van der Waals surface area contributed by atoms with Crippen LogP contribution < -0.4 is 15.4 Å². The molecular formula is C22H37IN4O3. The molecule has 8 heteroatoms. The number of hydrogen-bond donors (Lipinski definition) is 2. The van der Waals surface area contributed by atoms with E-state index in [1.807, 2.05) is 25.1 Å². The van der Waals surface area contributed by atoms with Crippen LogP contribution in [0, 0.1) is 0 Å². The molecule has 170 valence electrons. The smallest absolute Gasteiger partial charge is 0.409 e. The highest BCUT2D eigenvalue weighted by Gasteiger charge is 2.24. The number of hydrogen-bond acceptors (Lipinski definition) is 4. The van der Waals surface area contributed by atoms with Gasteiger partial charge in [0.2, 0.25) is 0 Å². The van der Waals surface area contributed by atoms with Gasteiger partial charge in [0.1, 0.15) is 12.4 Å². The average Bonchev–Trinajstić information content (AvgIpc) is 2.72. The largest absolute Gasteiger partial charge is 0.491 e. The Balaban J connectivity index is 0.00000450. The van der Waals surface area contributed by atoms with Crippen molar-refractivity contribution in [3.05, 3.63) is 29.8 Å². The quantitative estimate of drug-likeness (QED) is 0.229. The number of carbonyl (C=O) groups excluding carboxylic acids is 1. The molecule has 1 saturated heterocycles. The Hall–Kier alpha value is -1.71. The van der Waals surface area contributed by atoms with Crippen molar-refractivity contribution in [2.45, 2.75) is 52.5 Å². The Morgan fingerprint density at radius 3 is 2.57 bits per heavy atom. The summed E-state index contributed by atoms with van der Waals surface area (Å²) in [5.74, 6) is 2.15. The average molecular weight is 532 g/mol. The summed E-state index contributed by atoms with van der Waals surface area (Å²) in [5, 5.41) is 6.77. The van der Waals surface area contributed by atoms with Crippen LogP contribution >= 0.6 is 24.0 Å². The molecule has 1 heterocycles. The highest BCUT2D eigenvalue weighted by atomic mass is 127. The van der Waals surface area contributed by atoms with E-state index in [9.17, 15) is 4.79 Å². The Morgan fingerprint density at radius 1 is 1.23 bits per heavy atom. The molecule has 30 heavy (non-hydrogen) atoms. The maximum absolute atomic E-state index is 11.8. The zero-order valence-corrected chi connectivity index (χ0v) is 21.0. The van der Waals surface area contributed by atoms with E-state index >= 15 is 0 Å². The van der Waals surface area contributed by atoms with E-state index in [0.717, 1.165) is 31.1 Å². The zero-order chi connectivity index (χ0) is 21.1. The fourth-order valence-electron chi connectivity index (χ4n) is 3.34. The van der Waals surface area contributed by atoms with E-state index in [2.05, 4.69) is 42.5 Å². The molecule has 1 aromatic rings. The third kappa shape index (κ3) is 8.57. The Labute approximate surface area is 198 Å². The highest BCUT2D eigenvalue weighted by Crippen LogP contribution is 2.25. The summed E-state index contributed by atoms with van der Waals surface area (Å²) in [6, 6.07) is 8.46. The summed E-state index contributed by atoms with van der Waals surface area (Å²) in [7, 11) is 0. The van der Waals surface area contributed by atoms with Gasteiger partial charge in [-0.3, -0.25) is 0 Å². The van der Waals surface area contributed by atoms with Crippen molar-refractivity contribution in [2.75, 3.05) is 39.4 Å². The lowest BCUT2D eigenvalue weighted by atomic mass is 10.0. The Bertz CT molecular complexity index is 662. The number of rotatable bonds is 8. The van der Waals surface area contributed by atoms with E-state index in [-0.39, 0.29) is 30.1 Å². The van der Waals surface area contributed by atoms with Crippen molar-refractivity contribution in [3.63, 3.8) is 0 Å². The first-order valence-electron chi connectivity index (χ1n) is 10.7. The third-order valence-corrected chi connectivity index (χ3v) is 4.87. The first kappa shape index (κ1) is 26.3. The second kappa shape index (κ2) is 14.3. The van der Waals surface area contributed by atoms with Crippen LogP contribution in [-0.2, 0) is 4.74 Å². The van der Waals surface area contributed by atoms with Crippen molar-refractivity contribution >= 4 is 36.0 Å². The van der Waals surface area contributed by atoms with Crippen LogP contribution in [0.25, 0.3) is 0 Å². The summed E-state index contributed by atoms with van der Waals surface area (Å²) >= 11 is 0. The second-order valence-electron chi connectivity index (χ2n) is 7.41. The highest BCUT2D eigenvalue weighted by molar-refractivity contribution is 14.0. The predicted octanol–water partition coefficient (Wildman–Crippen LogP) is 3.98. The lowest BCUT2D eigenvalue weighted by Gasteiger charge is -2.32. The van der Waals surface area contributed by atoms with Crippen LogP contribution in [0.4, 0.5) is 4.79 Å². The minimum Gasteiger partial charge on any atom is -0.491 e. The number of amides is 1. The van der Waals surface area contributed by atoms with Gasteiger partial charge in [0, 0.05) is 25.7 Å². The molecule has 1 fully saturated rings. The molecule has 2 N–H and O–H groups in total. The standard InChI is InChI=1S/C22H36N4O3.HI/c1-5-23-21(25-18-11-14-26(15-12-18)22(27)28-6-2)24-13-16-29-20-10-8-7-9-19(20)17(3)4;/h7-10,17-18H,5-6,11-16H2,1-4H3,(H2,23,24,25);1H. The number of para-hydroxylation sites is 1. The van der Waals surface area contributed by atoms with Crippen LogP contribution in [0.2, 0.25) is 0 Å². The lowest BCUT2D eigenvalue weighted by molar-refractivity contribution is 0.0963. The van der Waals surface area contributed by atoms with Crippen molar-refractivity contribution < 1.29 is 14.3 Å². The van der Waals surface area contributed by atoms with Gasteiger partial charge < -0.3 is 25.0 Å². The topological polar surface area (TPSA) is 75.2 Å². The molecule has 0 radical (unpaired) electrons. The summed E-state index contributed by atoms with van der Waals surface area (Å²) in [5.41, 5.74) is 1.22. The number of aliphatic imine (C=N–C) groups is 1. The number of halogens is 1. The van der Waals surface area contributed by atoms with Gasteiger partial charge in [0.05, 0.1) is 13.2 Å². The van der Waals surface area contributed by atoms with Crippen LogP contribution in [-0.4, -0.2) is 62.4 Å². The summed E-state index contributed by atoms with van der Waals surface area (Å²) < 4.78 is 11.0. The number of benzene rings is 1. The van der Waals surface area contributed by atoms with Gasteiger partial charge in [-0.15, -0.1) is 24.0 Å². The molecular weight excluding hydrogens is 495 g/mol. The molecule has 1 aromatic carbocycles. The van der Waals surface area contributed by atoms with Crippen LogP contribution in [0.3, 0.4) is 0 Å². The van der Waals surface area contributed by atoms with Gasteiger partial charge in [0.25, 0.3) is 0 Å². The first-order valence-corrected chi connectivity index (χ1v) is 10.7. The fourth-order valence-corrected chi connectivity index (χ4v) is 3.34. The van der Waals surface area contributed by atoms with Crippen molar-refractivity contribution in [1.82, 2.24) is 15.5 Å². The van der Waals surface area contributed by atoms with E-state index in [0.29, 0.717) is 44.8 Å². The fraction of sp³-hybridized carbons (Fsp3) is 0.636. The van der Waals surface area contributed by atoms with Gasteiger partial charge in [-0.1, -0.05) is 32.0 Å². The number of guanidine groups is 1. The summed E-state index contributed by atoms with van der Waals surface area (Å²) in [6.45, 7) is 11.9. The lowest BCUT2D eigenvalue weighted by Crippen LogP contribution is -2.50. The molecule has 1 aliphatic rings. The molecule has 0 saturated carbocycles. The molecule has 1 aliphatic heterocycles. The zero-order valence-electron chi connectivity index (χ0n) is 18.6. The monoisotopic (exact) mass is 532 g/mol. The van der Waals surface area contributed by atoms with E-state index < -0.39 is 0 Å². The number of nitrogens with zero attached hydrogens (tertiary/aromatic N) is 2. The van der Waals surface area contributed by atoms with Gasteiger partial charge >= 0.3 is 6.09 Å². The molecule has 0 unspecified atom stereocenters. The number of likely N-dealkylation sites (tertiary alicyclic amines) is 1. The van der Waals surface area contributed by atoms with Crippen molar-refractivity contribution in [1.29, 1.82) is 0 Å². The molecule has 0 aliphatic carbocycles. The number of carbonyl (C=O) groups is 1. The SMILES string of the molecule is CCNC(=NCCOc1ccccc1C(C)C)NC1CCN(C(=O)OCC)CC1.I. The van der Waals surface area contributed by atoms with E-state index in [1.165, 1.54) is 5.56 Å². The van der Waals surface area contributed by atoms with Gasteiger partial charge in [-0.25, -0.2) is 9.79 Å². The second-order valence-corrected chi connectivity index (χ2v) is 7.41. The normalized spacial score (nSPS) is 14.8. The molecule has 0 bridgehead atoms. The molecule has 2 rings (SSSR count). The molecule has 7 nitrogen and oxygen atoms in total. The predicted molar refractivity (Wildman–Crippen MR) is 132 cm³/mol. The van der Waals surface area contributed by atoms with Crippen molar-refractivity contribution in [2.24, 2.45) is 4.99 Å². The summed E-state index contributed by atoms with van der Waals surface area (Å²) in [6.07, 6.45) is 1.54. The van der Waals surface area contributed by atoms with Gasteiger partial charge in [0.15, 0.2) is 5.96 Å². The third-order valence-electron chi connectivity index (χ3n) is 4.87. The maximum Gasteiger partial charge on any atom is 0.409 e. The molecule has 0 aromatic heterocycles.